The summed E-state index contributed by atoms with van der Waals surface area (Å²) in [6.07, 6.45) is 6.86. The van der Waals surface area contributed by atoms with E-state index in [-0.39, 0.29) is 11.9 Å². The van der Waals surface area contributed by atoms with Gasteiger partial charge in [0.2, 0.25) is 0 Å². The average Bonchev–Trinajstić information content (AvgIpc) is 2.51. The lowest BCUT2D eigenvalue weighted by molar-refractivity contribution is 0.00854. The maximum Gasteiger partial charge on any atom is 0.123 e. The Morgan fingerprint density at radius 3 is 3.00 bits per heavy atom. The minimum Gasteiger partial charge on any atom is -0.378 e. The van der Waals surface area contributed by atoms with Crippen LogP contribution in [0.25, 0.3) is 0 Å². The van der Waals surface area contributed by atoms with E-state index in [0.29, 0.717) is 11.1 Å². The topological polar surface area (TPSA) is 21.3 Å². The number of ether oxygens (including phenoxy) is 1. The van der Waals surface area contributed by atoms with Gasteiger partial charge in [-0.1, -0.05) is 18.5 Å². The largest absolute Gasteiger partial charge is 0.378 e. The fourth-order valence-electron chi connectivity index (χ4n) is 2.86. The van der Waals surface area contributed by atoms with Crippen LogP contribution in [-0.4, -0.2) is 19.3 Å². The molecule has 2 nitrogen and oxygen atoms in total. The summed E-state index contributed by atoms with van der Waals surface area (Å²) >= 11 is 6.25. The minimum absolute atomic E-state index is 0.0960. The van der Waals surface area contributed by atoms with Gasteiger partial charge in [0, 0.05) is 17.7 Å². The predicted octanol–water partition coefficient (Wildman–Crippen LogP) is 4.87. The van der Waals surface area contributed by atoms with Crippen molar-refractivity contribution in [2.45, 2.75) is 57.6 Å². The molecular weight excluding hydrogens is 289 g/mol. The summed E-state index contributed by atoms with van der Waals surface area (Å²) in [5.74, 6) is -0.230. The van der Waals surface area contributed by atoms with Gasteiger partial charge < -0.3 is 10.1 Å². The summed E-state index contributed by atoms with van der Waals surface area (Å²) < 4.78 is 19.3. The number of rotatable bonds is 7. The molecule has 21 heavy (non-hydrogen) atoms. The van der Waals surface area contributed by atoms with E-state index >= 15 is 0 Å². The molecule has 0 saturated carbocycles. The predicted molar refractivity (Wildman–Crippen MR) is 85.3 cm³/mol. The van der Waals surface area contributed by atoms with E-state index in [1.807, 2.05) is 0 Å². The lowest BCUT2D eigenvalue weighted by Crippen LogP contribution is -2.26. The Morgan fingerprint density at radius 1 is 1.43 bits per heavy atom. The highest BCUT2D eigenvalue weighted by atomic mass is 35.5. The van der Waals surface area contributed by atoms with Crippen LogP contribution in [0.1, 0.15) is 57.1 Å². The number of halogens is 2. The van der Waals surface area contributed by atoms with Crippen LogP contribution in [0.15, 0.2) is 18.2 Å². The Hall–Kier alpha value is -0.640. The first-order valence-corrected chi connectivity index (χ1v) is 8.38. The average molecular weight is 314 g/mol. The second-order valence-corrected chi connectivity index (χ2v) is 6.15. The van der Waals surface area contributed by atoms with Crippen molar-refractivity contribution in [3.8, 4) is 0 Å². The molecule has 1 aliphatic heterocycles. The molecule has 1 aromatic carbocycles. The van der Waals surface area contributed by atoms with Crippen LogP contribution in [0.5, 0.6) is 0 Å². The zero-order valence-electron chi connectivity index (χ0n) is 12.7. The number of hydrogen-bond donors (Lipinski definition) is 1. The quantitative estimate of drug-likeness (QED) is 0.775. The van der Waals surface area contributed by atoms with Crippen LogP contribution >= 0.6 is 11.6 Å². The number of nitrogens with one attached hydrogen (secondary N) is 1. The van der Waals surface area contributed by atoms with E-state index in [9.17, 15) is 4.39 Å². The molecule has 1 aromatic rings. The molecule has 1 fully saturated rings. The summed E-state index contributed by atoms with van der Waals surface area (Å²) in [5.41, 5.74) is 0.862. The van der Waals surface area contributed by atoms with Crippen molar-refractivity contribution in [2.24, 2.45) is 0 Å². The van der Waals surface area contributed by atoms with E-state index in [1.165, 1.54) is 18.9 Å². The van der Waals surface area contributed by atoms with Crippen LogP contribution in [0.3, 0.4) is 0 Å². The fourth-order valence-corrected chi connectivity index (χ4v) is 3.10. The molecule has 1 saturated heterocycles. The maximum atomic E-state index is 13.5. The standard InChI is InChI=1S/C17H25ClFNO/c1-2-10-20-17(9-7-14-5-3-4-11-21-14)15-12-13(19)6-8-16(15)18/h6,8,12,14,17,20H,2-5,7,9-11H2,1H3. The summed E-state index contributed by atoms with van der Waals surface area (Å²) in [5, 5.41) is 4.12. The van der Waals surface area contributed by atoms with Crippen LogP contribution < -0.4 is 5.32 Å². The van der Waals surface area contributed by atoms with E-state index in [2.05, 4.69) is 12.2 Å². The van der Waals surface area contributed by atoms with Gasteiger partial charge in [0.1, 0.15) is 5.82 Å². The fraction of sp³-hybridized carbons (Fsp3) is 0.647. The second-order valence-electron chi connectivity index (χ2n) is 5.74. The highest BCUT2D eigenvalue weighted by molar-refractivity contribution is 6.31. The molecule has 0 spiro atoms. The molecule has 1 N–H and O–H groups in total. The molecule has 2 atom stereocenters. The molecule has 2 rings (SSSR count). The Bertz CT molecular complexity index is 435. The van der Waals surface area contributed by atoms with Crippen molar-refractivity contribution >= 4 is 11.6 Å². The third-order valence-electron chi connectivity index (χ3n) is 4.03. The van der Waals surface area contributed by atoms with Gasteiger partial charge in [-0.25, -0.2) is 4.39 Å². The number of benzene rings is 1. The van der Waals surface area contributed by atoms with Gasteiger partial charge in [0.15, 0.2) is 0 Å². The Morgan fingerprint density at radius 2 is 2.29 bits per heavy atom. The summed E-state index contributed by atoms with van der Waals surface area (Å²) in [6.45, 7) is 3.91. The molecule has 0 aromatic heterocycles. The maximum absolute atomic E-state index is 13.5. The van der Waals surface area contributed by atoms with Gasteiger partial charge in [-0.2, -0.15) is 0 Å². The van der Waals surface area contributed by atoms with Gasteiger partial charge >= 0.3 is 0 Å². The molecule has 4 heteroatoms. The summed E-state index contributed by atoms with van der Waals surface area (Å²) in [7, 11) is 0. The van der Waals surface area contributed by atoms with Crippen molar-refractivity contribution in [3.05, 3.63) is 34.6 Å². The zero-order chi connectivity index (χ0) is 15.1. The highest BCUT2D eigenvalue weighted by Crippen LogP contribution is 2.29. The molecule has 0 radical (unpaired) electrons. The van der Waals surface area contributed by atoms with E-state index < -0.39 is 0 Å². The monoisotopic (exact) mass is 313 g/mol. The third-order valence-corrected chi connectivity index (χ3v) is 4.37. The Labute approximate surface area is 132 Å². The smallest absolute Gasteiger partial charge is 0.123 e. The Balaban J connectivity index is 2.00. The first-order chi connectivity index (χ1) is 10.2. The van der Waals surface area contributed by atoms with Crippen molar-refractivity contribution in [1.29, 1.82) is 0 Å². The highest BCUT2D eigenvalue weighted by Gasteiger charge is 2.19. The number of hydrogen-bond acceptors (Lipinski definition) is 2. The zero-order valence-corrected chi connectivity index (χ0v) is 13.5. The molecule has 0 aliphatic carbocycles. The lowest BCUT2D eigenvalue weighted by atomic mass is 9.97. The first kappa shape index (κ1) is 16.7. The molecule has 0 bridgehead atoms. The van der Waals surface area contributed by atoms with Crippen molar-refractivity contribution in [2.75, 3.05) is 13.2 Å². The van der Waals surface area contributed by atoms with Crippen LogP contribution in [0.4, 0.5) is 4.39 Å². The van der Waals surface area contributed by atoms with E-state index in [0.717, 1.165) is 44.4 Å². The van der Waals surface area contributed by atoms with Crippen molar-refractivity contribution in [3.63, 3.8) is 0 Å². The van der Waals surface area contributed by atoms with Crippen LogP contribution in [0.2, 0.25) is 5.02 Å². The molecule has 1 heterocycles. The Kier molecular flexibility index (Phi) is 6.94. The van der Waals surface area contributed by atoms with E-state index in [4.69, 9.17) is 16.3 Å². The minimum atomic E-state index is -0.230. The molecular formula is C17H25ClFNO. The third kappa shape index (κ3) is 5.24. The van der Waals surface area contributed by atoms with E-state index in [1.54, 1.807) is 12.1 Å². The summed E-state index contributed by atoms with van der Waals surface area (Å²) in [6, 6.07) is 4.70. The summed E-state index contributed by atoms with van der Waals surface area (Å²) in [4.78, 5) is 0. The van der Waals surface area contributed by atoms with Gasteiger partial charge in [0.05, 0.1) is 6.10 Å². The van der Waals surface area contributed by atoms with Crippen LogP contribution in [-0.2, 0) is 4.74 Å². The van der Waals surface area contributed by atoms with Gasteiger partial charge in [0.25, 0.3) is 0 Å². The van der Waals surface area contributed by atoms with Crippen molar-refractivity contribution in [1.82, 2.24) is 5.32 Å². The second kappa shape index (κ2) is 8.72. The van der Waals surface area contributed by atoms with Gasteiger partial charge in [-0.15, -0.1) is 0 Å². The van der Waals surface area contributed by atoms with Crippen LogP contribution in [0, 0.1) is 5.82 Å². The molecule has 0 amide bonds. The van der Waals surface area contributed by atoms with Gasteiger partial charge in [-0.3, -0.25) is 0 Å². The normalized spacial score (nSPS) is 20.4. The molecule has 1 aliphatic rings. The molecule has 118 valence electrons. The SMILES string of the molecule is CCCNC(CCC1CCCCO1)c1cc(F)ccc1Cl. The van der Waals surface area contributed by atoms with Crippen molar-refractivity contribution < 1.29 is 9.13 Å². The molecule has 2 unspecified atom stereocenters. The van der Waals surface area contributed by atoms with Gasteiger partial charge in [-0.05, 0) is 68.8 Å². The first-order valence-electron chi connectivity index (χ1n) is 8.00. The lowest BCUT2D eigenvalue weighted by Gasteiger charge is -2.26.